The van der Waals surface area contributed by atoms with Gasteiger partial charge in [0.15, 0.2) is 11.5 Å². The van der Waals surface area contributed by atoms with Gasteiger partial charge in [0.1, 0.15) is 27.1 Å². The summed E-state index contributed by atoms with van der Waals surface area (Å²) in [6.07, 6.45) is -1.42. The minimum Gasteiger partial charge on any atom is -0.395 e. The van der Waals surface area contributed by atoms with Gasteiger partial charge in [-0.25, -0.2) is 19.9 Å². The zero-order valence-corrected chi connectivity index (χ0v) is 23.2. The Hall–Kier alpha value is -3.11. The number of carbonyl (C=O) groups is 2. The summed E-state index contributed by atoms with van der Waals surface area (Å²) in [6.45, 7) is 4.93. The van der Waals surface area contributed by atoms with E-state index in [4.69, 9.17) is 28.3 Å². The molecule has 1 unspecified atom stereocenters. The maximum atomic E-state index is 13.1. The molecule has 0 radical (unpaired) electrons. The molecule has 40 heavy (non-hydrogen) atoms. The molecule has 1 atom stereocenters. The lowest BCUT2D eigenvalue weighted by molar-refractivity contribution is -0.137. The molecule has 11 nitrogen and oxygen atoms in total. The molecule has 0 spiro atoms. The molecule has 3 N–H and O–H groups in total. The number of carbonyl (C=O) groups excluding carboxylic acids is 2. The number of piperazine rings is 1. The van der Waals surface area contributed by atoms with Crippen LogP contribution in [-0.2, 0) is 6.18 Å². The van der Waals surface area contributed by atoms with Crippen LogP contribution < -0.4 is 15.5 Å². The van der Waals surface area contributed by atoms with E-state index >= 15 is 0 Å². The van der Waals surface area contributed by atoms with Crippen molar-refractivity contribution in [3.63, 3.8) is 0 Å². The van der Waals surface area contributed by atoms with Crippen LogP contribution in [0.3, 0.4) is 0 Å². The summed E-state index contributed by atoms with van der Waals surface area (Å²) < 4.78 is 39.3. The SMILES string of the molecule is CC(NC(=O)c1ncnc(N2CCN(CCO)CC2)c1Cl)c1ncc(C(=O)Nc2cc(C(F)(F)F)c(Cl)cn2)s1. The molecule has 1 saturated heterocycles. The Labute approximate surface area is 240 Å². The first kappa shape index (κ1) is 29.9. The summed E-state index contributed by atoms with van der Waals surface area (Å²) >= 11 is 13.0. The number of nitrogens with one attached hydrogen (secondary N) is 2. The molecule has 1 aliphatic heterocycles. The third-order valence-electron chi connectivity index (χ3n) is 5.94. The second-order valence-corrected chi connectivity index (χ2v) is 10.5. The van der Waals surface area contributed by atoms with E-state index in [0.29, 0.717) is 49.6 Å². The predicted molar refractivity (Wildman–Crippen MR) is 143 cm³/mol. The molecule has 214 valence electrons. The van der Waals surface area contributed by atoms with Gasteiger partial charge in [0, 0.05) is 38.9 Å². The first-order valence-corrected chi connectivity index (χ1v) is 13.4. The number of hydrogen-bond acceptors (Lipinski definition) is 10. The molecule has 2 amide bonds. The Morgan fingerprint density at radius 1 is 1.10 bits per heavy atom. The highest BCUT2D eigenvalue weighted by molar-refractivity contribution is 7.13. The van der Waals surface area contributed by atoms with Crippen LogP contribution in [0.25, 0.3) is 0 Å². The highest BCUT2D eigenvalue weighted by Crippen LogP contribution is 2.35. The molecule has 4 rings (SSSR count). The van der Waals surface area contributed by atoms with Crippen molar-refractivity contribution < 1.29 is 27.9 Å². The van der Waals surface area contributed by atoms with E-state index in [1.165, 1.54) is 12.5 Å². The fourth-order valence-corrected chi connectivity index (χ4v) is 5.21. The Kier molecular flexibility index (Phi) is 9.41. The van der Waals surface area contributed by atoms with Gasteiger partial charge in [-0.15, -0.1) is 11.3 Å². The van der Waals surface area contributed by atoms with Gasteiger partial charge in [0.2, 0.25) is 0 Å². The average molecular weight is 619 g/mol. The summed E-state index contributed by atoms with van der Waals surface area (Å²) in [5, 5.41) is 14.0. The monoisotopic (exact) mass is 618 g/mol. The zero-order valence-electron chi connectivity index (χ0n) is 20.9. The quantitative estimate of drug-likeness (QED) is 0.346. The number of rotatable bonds is 8. The number of aliphatic hydroxyl groups is 1. The molecular weight excluding hydrogens is 596 g/mol. The van der Waals surface area contributed by atoms with Crippen molar-refractivity contribution in [2.75, 3.05) is 49.5 Å². The number of nitrogens with zero attached hydrogens (tertiary/aromatic N) is 6. The third kappa shape index (κ3) is 6.96. The number of pyridine rings is 1. The highest BCUT2D eigenvalue weighted by atomic mass is 35.5. The fraction of sp³-hybridized carbons (Fsp3) is 0.391. The average Bonchev–Trinajstić information content (AvgIpc) is 3.41. The Morgan fingerprint density at radius 2 is 1.82 bits per heavy atom. The van der Waals surface area contributed by atoms with Crippen LogP contribution >= 0.6 is 34.5 Å². The number of alkyl halides is 3. The van der Waals surface area contributed by atoms with Crippen LogP contribution in [0, 0.1) is 0 Å². The largest absolute Gasteiger partial charge is 0.418 e. The lowest BCUT2D eigenvalue weighted by atomic mass is 10.2. The Balaban J connectivity index is 1.40. The van der Waals surface area contributed by atoms with E-state index in [1.807, 2.05) is 4.90 Å². The van der Waals surface area contributed by atoms with Crippen LogP contribution in [0.15, 0.2) is 24.8 Å². The summed E-state index contributed by atoms with van der Waals surface area (Å²) in [5.41, 5.74) is -1.16. The number of amides is 2. The highest BCUT2D eigenvalue weighted by Gasteiger charge is 2.34. The molecule has 4 heterocycles. The van der Waals surface area contributed by atoms with Gasteiger partial charge < -0.3 is 20.6 Å². The standard InChI is InChI=1S/C23H23Cl2F3N8O3S/c1-12(22-30-10-15(40-22)20(38)34-16-8-13(23(26,27)28)14(24)9-29-16)33-21(39)18-17(25)19(32-11-31-18)36-4-2-35(3-5-36)6-7-37/h8-12,37H,2-7H2,1H3,(H,33,39)(H,29,34,38). The maximum absolute atomic E-state index is 13.1. The van der Waals surface area contributed by atoms with Gasteiger partial charge in [-0.3, -0.25) is 14.5 Å². The molecule has 0 aliphatic carbocycles. The van der Waals surface area contributed by atoms with Gasteiger partial charge in [-0.2, -0.15) is 13.2 Å². The Bertz CT molecular complexity index is 1390. The van der Waals surface area contributed by atoms with Crippen molar-refractivity contribution >= 4 is 58.0 Å². The molecule has 3 aromatic heterocycles. The molecule has 1 aliphatic rings. The predicted octanol–water partition coefficient (Wildman–Crippen LogP) is 3.51. The lowest BCUT2D eigenvalue weighted by Crippen LogP contribution is -2.47. The number of aliphatic hydroxyl groups excluding tert-OH is 1. The summed E-state index contributed by atoms with van der Waals surface area (Å²) in [4.78, 5) is 45.9. The van der Waals surface area contributed by atoms with Crippen molar-refractivity contribution in [3.8, 4) is 0 Å². The van der Waals surface area contributed by atoms with Crippen molar-refractivity contribution in [2.24, 2.45) is 0 Å². The van der Waals surface area contributed by atoms with Gasteiger partial charge in [-0.05, 0) is 13.0 Å². The van der Waals surface area contributed by atoms with E-state index in [-0.39, 0.29) is 28.0 Å². The van der Waals surface area contributed by atoms with E-state index in [1.54, 1.807) is 6.92 Å². The number of thiazole rings is 1. The number of halogens is 5. The van der Waals surface area contributed by atoms with Gasteiger partial charge in [0.25, 0.3) is 11.8 Å². The maximum Gasteiger partial charge on any atom is 0.418 e. The molecular formula is C23H23Cl2F3N8O3S. The van der Waals surface area contributed by atoms with E-state index in [0.717, 1.165) is 17.5 Å². The minimum absolute atomic E-state index is 0.0277. The number of hydrogen-bond donors (Lipinski definition) is 3. The third-order valence-corrected chi connectivity index (χ3v) is 7.77. The fourth-order valence-electron chi connectivity index (χ4n) is 3.89. The minimum atomic E-state index is -4.71. The van der Waals surface area contributed by atoms with Gasteiger partial charge in [0.05, 0.1) is 29.4 Å². The van der Waals surface area contributed by atoms with E-state index in [2.05, 4.69) is 35.5 Å². The normalized spacial score (nSPS) is 15.1. The van der Waals surface area contributed by atoms with Crippen molar-refractivity contribution in [3.05, 3.63) is 56.0 Å². The molecule has 1 fully saturated rings. The summed E-state index contributed by atoms with van der Waals surface area (Å²) in [7, 11) is 0. The Morgan fingerprint density at radius 3 is 2.50 bits per heavy atom. The van der Waals surface area contributed by atoms with Crippen molar-refractivity contribution in [1.29, 1.82) is 0 Å². The summed E-state index contributed by atoms with van der Waals surface area (Å²) in [6, 6.07) is -0.0132. The molecule has 0 saturated carbocycles. The zero-order chi connectivity index (χ0) is 29.0. The van der Waals surface area contributed by atoms with Crippen molar-refractivity contribution in [1.82, 2.24) is 30.2 Å². The van der Waals surface area contributed by atoms with Crippen molar-refractivity contribution in [2.45, 2.75) is 19.1 Å². The first-order valence-electron chi connectivity index (χ1n) is 11.9. The lowest BCUT2D eigenvalue weighted by Gasteiger charge is -2.35. The first-order chi connectivity index (χ1) is 19.0. The molecule has 0 aromatic carbocycles. The molecule has 0 bridgehead atoms. The van der Waals surface area contributed by atoms with E-state index < -0.39 is 34.6 Å². The topological polar surface area (TPSA) is 136 Å². The van der Waals surface area contributed by atoms with Crippen LogP contribution in [0.4, 0.5) is 24.8 Å². The number of anilines is 2. The number of aromatic nitrogens is 4. The second-order valence-electron chi connectivity index (χ2n) is 8.67. The smallest absolute Gasteiger partial charge is 0.395 e. The molecule has 3 aromatic rings. The van der Waals surface area contributed by atoms with Crippen LogP contribution in [0.5, 0.6) is 0 Å². The van der Waals surface area contributed by atoms with Crippen LogP contribution in [-0.4, -0.2) is 81.1 Å². The van der Waals surface area contributed by atoms with E-state index in [9.17, 15) is 22.8 Å². The molecule has 17 heteroatoms. The van der Waals surface area contributed by atoms with Crippen LogP contribution in [0.2, 0.25) is 10.0 Å². The summed E-state index contributed by atoms with van der Waals surface area (Å²) in [5.74, 6) is -1.21. The van der Waals surface area contributed by atoms with Gasteiger partial charge >= 0.3 is 6.18 Å². The second kappa shape index (κ2) is 12.6. The number of β-amino-alcohol motifs (C(OH)–C–C–N with tert-alkyl or cyclic N) is 1. The van der Waals surface area contributed by atoms with Crippen LogP contribution in [0.1, 0.15) is 43.7 Å². The van der Waals surface area contributed by atoms with Gasteiger partial charge in [-0.1, -0.05) is 23.2 Å².